The SMILES string of the molecule is O=C(NCC1CCN(CC(O)c2ccccc2)CC1)c1n[nH]c2c1CNCC2. The van der Waals surface area contributed by atoms with Crippen molar-refractivity contribution in [2.24, 2.45) is 5.92 Å². The van der Waals surface area contributed by atoms with E-state index in [4.69, 9.17) is 0 Å². The number of carbonyl (C=O) groups is 1. The fourth-order valence-corrected chi connectivity index (χ4v) is 4.13. The lowest BCUT2D eigenvalue weighted by Gasteiger charge is -2.33. The van der Waals surface area contributed by atoms with Crippen molar-refractivity contribution >= 4 is 5.91 Å². The van der Waals surface area contributed by atoms with Crippen molar-refractivity contribution in [1.29, 1.82) is 0 Å². The van der Waals surface area contributed by atoms with E-state index in [1.54, 1.807) is 0 Å². The number of rotatable bonds is 6. The molecule has 1 aromatic heterocycles. The van der Waals surface area contributed by atoms with Gasteiger partial charge in [-0.3, -0.25) is 9.89 Å². The number of nitrogens with zero attached hydrogens (tertiary/aromatic N) is 2. The standard InChI is InChI=1S/C21H29N5O2/c27-19(16-4-2-1-3-5-16)14-26-10-7-15(8-11-26)12-23-21(28)20-17-13-22-9-6-18(17)24-25-20/h1-5,15,19,22,27H,6-14H2,(H,23,28)(H,24,25). The number of piperidine rings is 1. The lowest BCUT2D eigenvalue weighted by molar-refractivity contribution is 0.0849. The summed E-state index contributed by atoms with van der Waals surface area (Å²) in [7, 11) is 0. The van der Waals surface area contributed by atoms with Crippen molar-refractivity contribution in [3.05, 3.63) is 52.8 Å². The summed E-state index contributed by atoms with van der Waals surface area (Å²) in [6.07, 6.45) is 2.50. The molecule has 0 radical (unpaired) electrons. The molecule has 2 aromatic rings. The first-order valence-corrected chi connectivity index (χ1v) is 10.2. The molecule has 150 valence electrons. The molecule has 1 unspecified atom stereocenters. The van der Waals surface area contributed by atoms with E-state index in [2.05, 4.69) is 25.7 Å². The maximum atomic E-state index is 12.5. The molecule has 1 fully saturated rings. The van der Waals surface area contributed by atoms with Crippen LogP contribution in [0.15, 0.2) is 30.3 Å². The molecule has 28 heavy (non-hydrogen) atoms. The summed E-state index contributed by atoms with van der Waals surface area (Å²) >= 11 is 0. The molecule has 7 heteroatoms. The van der Waals surface area contributed by atoms with Gasteiger partial charge < -0.3 is 20.6 Å². The number of benzene rings is 1. The number of aromatic nitrogens is 2. The van der Waals surface area contributed by atoms with Crippen LogP contribution >= 0.6 is 0 Å². The molecule has 2 aliphatic rings. The Morgan fingerprint density at radius 1 is 1.29 bits per heavy atom. The van der Waals surface area contributed by atoms with Gasteiger partial charge in [0.25, 0.3) is 5.91 Å². The minimum atomic E-state index is -0.447. The topological polar surface area (TPSA) is 93.3 Å². The Morgan fingerprint density at radius 3 is 2.86 bits per heavy atom. The summed E-state index contributed by atoms with van der Waals surface area (Å²) < 4.78 is 0. The molecule has 1 atom stereocenters. The number of H-pyrrole nitrogens is 1. The average Bonchev–Trinajstić information content (AvgIpc) is 3.18. The van der Waals surface area contributed by atoms with E-state index in [9.17, 15) is 9.90 Å². The summed E-state index contributed by atoms with van der Waals surface area (Å²) in [5.74, 6) is 0.394. The van der Waals surface area contributed by atoms with Crippen LogP contribution in [0.1, 0.15) is 46.3 Å². The summed E-state index contributed by atoms with van der Waals surface area (Å²) in [4.78, 5) is 14.8. The second-order valence-electron chi connectivity index (χ2n) is 7.84. The summed E-state index contributed by atoms with van der Waals surface area (Å²) in [5.41, 5.74) is 3.59. The minimum Gasteiger partial charge on any atom is -0.387 e. The van der Waals surface area contributed by atoms with Gasteiger partial charge in [0.2, 0.25) is 0 Å². The van der Waals surface area contributed by atoms with Crippen LogP contribution in [0.25, 0.3) is 0 Å². The summed E-state index contributed by atoms with van der Waals surface area (Å²) in [6.45, 7) is 4.88. The number of nitrogens with one attached hydrogen (secondary N) is 3. The molecule has 0 saturated carbocycles. The number of amides is 1. The average molecular weight is 383 g/mol. The van der Waals surface area contributed by atoms with Gasteiger partial charge in [0.15, 0.2) is 5.69 Å². The van der Waals surface area contributed by atoms with E-state index in [1.165, 1.54) is 0 Å². The first-order chi connectivity index (χ1) is 13.7. The molecule has 1 aromatic carbocycles. The predicted molar refractivity (Wildman–Crippen MR) is 107 cm³/mol. The monoisotopic (exact) mass is 383 g/mol. The number of aliphatic hydroxyl groups is 1. The highest BCUT2D eigenvalue weighted by molar-refractivity contribution is 5.94. The van der Waals surface area contributed by atoms with Crippen LogP contribution in [0, 0.1) is 5.92 Å². The molecular weight excluding hydrogens is 354 g/mol. The molecule has 0 bridgehead atoms. The van der Waals surface area contributed by atoms with E-state index in [1.807, 2.05) is 30.3 Å². The van der Waals surface area contributed by atoms with E-state index in [0.29, 0.717) is 31.2 Å². The van der Waals surface area contributed by atoms with Crippen LogP contribution in [0.4, 0.5) is 0 Å². The number of hydrogen-bond acceptors (Lipinski definition) is 5. The Labute approximate surface area is 165 Å². The third-order valence-corrected chi connectivity index (χ3v) is 5.90. The van der Waals surface area contributed by atoms with Crippen LogP contribution in [-0.4, -0.2) is 58.8 Å². The Bertz CT molecular complexity index is 783. The Kier molecular flexibility index (Phi) is 6.04. The van der Waals surface area contributed by atoms with Gasteiger partial charge in [-0.1, -0.05) is 30.3 Å². The molecule has 4 rings (SSSR count). The summed E-state index contributed by atoms with van der Waals surface area (Å²) in [6, 6.07) is 9.82. The molecular formula is C21H29N5O2. The van der Waals surface area contributed by atoms with E-state index >= 15 is 0 Å². The van der Waals surface area contributed by atoms with Crippen molar-refractivity contribution in [2.45, 2.75) is 31.9 Å². The number of hydrogen-bond donors (Lipinski definition) is 4. The summed E-state index contributed by atoms with van der Waals surface area (Å²) in [5, 5.41) is 24.0. The van der Waals surface area contributed by atoms with Crippen molar-refractivity contribution in [2.75, 3.05) is 32.7 Å². The van der Waals surface area contributed by atoms with E-state index < -0.39 is 6.10 Å². The van der Waals surface area contributed by atoms with Crippen LogP contribution in [0.3, 0.4) is 0 Å². The van der Waals surface area contributed by atoms with Crippen molar-refractivity contribution in [1.82, 2.24) is 25.7 Å². The fraction of sp³-hybridized carbons (Fsp3) is 0.524. The van der Waals surface area contributed by atoms with Crippen LogP contribution in [0.2, 0.25) is 0 Å². The van der Waals surface area contributed by atoms with Crippen molar-refractivity contribution in [3.8, 4) is 0 Å². The molecule has 0 spiro atoms. The zero-order valence-electron chi connectivity index (χ0n) is 16.2. The van der Waals surface area contributed by atoms with Crippen LogP contribution in [-0.2, 0) is 13.0 Å². The van der Waals surface area contributed by atoms with Gasteiger partial charge in [0, 0.05) is 43.9 Å². The predicted octanol–water partition coefficient (Wildman–Crippen LogP) is 1.23. The zero-order valence-corrected chi connectivity index (χ0v) is 16.2. The minimum absolute atomic E-state index is 0.0804. The Balaban J connectivity index is 1.21. The van der Waals surface area contributed by atoms with Gasteiger partial charge in [-0.2, -0.15) is 5.10 Å². The highest BCUT2D eigenvalue weighted by Crippen LogP contribution is 2.21. The van der Waals surface area contributed by atoms with Gasteiger partial charge in [0.05, 0.1) is 6.10 Å². The normalized spacial score (nSPS) is 19.2. The van der Waals surface area contributed by atoms with Crippen molar-refractivity contribution in [3.63, 3.8) is 0 Å². The number of fused-ring (bicyclic) bond motifs is 1. The largest absolute Gasteiger partial charge is 0.387 e. The number of carbonyl (C=O) groups excluding carboxylic acids is 1. The van der Waals surface area contributed by atoms with Crippen LogP contribution < -0.4 is 10.6 Å². The third-order valence-electron chi connectivity index (χ3n) is 5.90. The third kappa shape index (κ3) is 4.43. The number of aliphatic hydroxyl groups excluding tert-OH is 1. The van der Waals surface area contributed by atoms with Gasteiger partial charge in [-0.25, -0.2) is 0 Å². The quantitative estimate of drug-likeness (QED) is 0.602. The lowest BCUT2D eigenvalue weighted by Crippen LogP contribution is -2.40. The Morgan fingerprint density at radius 2 is 2.07 bits per heavy atom. The van der Waals surface area contributed by atoms with E-state index in [-0.39, 0.29) is 5.91 Å². The Hall–Kier alpha value is -2.22. The van der Waals surface area contributed by atoms with Crippen LogP contribution in [0.5, 0.6) is 0 Å². The maximum absolute atomic E-state index is 12.5. The van der Waals surface area contributed by atoms with Gasteiger partial charge in [0.1, 0.15) is 0 Å². The zero-order chi connectivity index (χ0) is 19.3. The number of aromatic amines is 1. The molecule has 4 N–H and O–H groups in total. The molecule has 1 saturated heterocycles. The second kappa shape index (κ2) is 8.86. The van der Waals surface area contributed by atoms with Gasteiger partial charge in [-0.05, 0) is 37.4 Å². The molecule has 3 heterocycles. The first-order valence-electron chi connectivity index (χ1n) is 10.2. The highest BCUT2D eigenvalue weighted by Gasteiger charge is 2.24. The maximum Gasteiger partial charge on any atom is 0.272 e. The molecule has 0 aliphatic carbocycles. The van der Waals surface area contributed by atoms with E-state index in [0.717, 1.165) is 55.7 Å². The molecule has 2 aliphatic heterocycles. The lowest BCUT2D eigenvalue weighted by atomic mass is 9.96. The molecule has 1 amide bonds. The molecule has 7 nitrogen and oxygen atoms in total. The highest BCUT2D eigenvalue weighted by atomic mass is 16.3. The van der Waals surface area contributed by atoms with Gasteiger partial charge >= 0.3 is 0 Å². The number of likely N-dealkylation sites (tertiary alicyclic amines) is 1. The second-order valence-corrected chi connectivity index (χ2v) is 7.84. The number of β-amino-alcohol motifs (C(OH)–C–C–N with tert-alkyl or cyclic N) is 1. The van der Waals surface area contributed by atoms with Gasteiger partial charge in [-0.15, -0.1) is 0 Å². The first kappa shape index (κ1) is 19.1. The smallest absolute Gasteiger partial charge is 0.272 e. The fourth-order valence-electron chi connectivity index (χ4n) is 4.13. The van der Waals surface area contributed by atoms with Crippen molar-refractivity contribution < 1.29 is 9.90 Å².